The Hall–Kier alpha value is -2.14. The van der Waals surface area contributed by atoms with Gasteiger partial charge in [-0.1, -0.05) is 30.3 Å². The fraction of sp³-hybridized carbons (Fsp3) is 0.231. The third-order valence-corrected chi connectivity index (χ3v) is 2.57. The van der Waals surface area contributed by atoms with Crippen LogP contribution in [0.2, 0.25) is 0 Å². The van der Waals surface area contributed by atoms with E-state index in [-0.39, 0.29) is 12.5 Å². The van der Waals surface area contributed by atoms with Crippen molar-refractivity contribution in [2.75, 3.05) is 13.2 Å². The Kier molecular flexibility index (Phi) is 4.09. The van der Waals surface area contributed by atoms with Crippen molar-refractivity contribution in [2.45, 2.75) is 6.42 Å². The first-order chi connectivity index (χ1) is 8.83. The molecule has 0 saturated carbocycles. The summed E-state index contributed by atoms with van der Waals surface area (Å²) in [7, 11) is 0. The molecule has 0 spiro atoms. The van der Waals surface area contributed by atoms with Gasteiger partial charge in [0.15, 0.2) is 0 Å². The van der Waals surface area contributed by atoms with Gasteiger partial charge in [-0.15, -0.1) is 0 Å². The molecule has 0 aliphatic carbocycles. The van der Waals surface area contributed by atoms with Crippen LogP contribution in [-0.2, 0) is 0 Å². The topological polar surface area (TPSA) is 78.0 Å². The van der Waals surface area contributed by atoms with Crippen molar-refractivity contribution in [3.8, 4) is 11.3 Å². The standard InChI is InChI=1S/C13H15N3O2/c17-8-4-7-14-13(18)11-9-15-16-12(11)10-5-2-1-3-6-10/h1-3,5-6,9,17H,4,7-8H2,(H,14,18)(H,15,16). The minimum atomic E-state index is -0.184. The van der Waals surface area contributed by atoms with Gasteiger partial charge in [0, 0.05) is 18.7 Å². The van der Waals surface area contributed by atoms with E-state index in [0.29, 0.717) is 24.2 Å². The highest BCUT2D eigenvalue weighted by molar-refractivity contribution is 5.99. The van der Waals surface area contributed by atoms with Crippen molar-refractivity contribution >= 4 is 5.91 Å². The predicted octanol–water partition coefficient (Wildman–Crippen LogP) is 1.19. The Morgan fingerprint density at radius 2 is 2.11 bits per heavy atom. The number of hydrogen-bond donors (Lipinski definition) is 3. The number of nitrogens with one attached hydrogen (secondary N) is 2. The fourth-order valence-corrected chi connectivity index (χ4v) is 1.66. The van der Waals surface area contributed by atoms with Gasteiger partial charge in [0.25, 0.3) is 5.91 Å². The zero-order chi connectivity index (χ0) is 12.8. The number of benzene rings is 1. The van der Waals surface area contributed by atoms with Gasteiger partial charge in [-0.05, 0) is 6.42 Å². The first-order valence-corrected chi connectivity index (χ1v) is 5.81. The average molecular weight is 245 g/mol. The Morgan fingerprint density at radius 3 is 2.83 bits per heavy atom. The molecule has 2 aromatic rings. The summed E-state index contributed by atoms with van der Waals surface area (Å²) in [5, 5.41) is 18.2. The summed E-state index contributed by atoms with van der Waals surface area (Å²) in [5.41, 5.74) is 2.14. The van der Waals surface area contributed by atoms with Crippen molar-refractivity contribution in [1.29, 1.82) is 0 Å². The fourth-order valence-electron chi connectivity index (χ4n) is 1.66. The summed E-state index contributed by atoms with van der Waals surface area (Å²) < 4.78 is 0. The molecule has 5 nitrogen and oxygen atoms in total. The highest BCUT2D eigenvalue weighted by Gasteiger charge is 2.14. The lowest BCUT2D eigenvalue weighted by Crippen LogP contribution is -2.25. The molecule has 0 aliphatic heterocycles. The number of aliphatic hydroxyl groups is 1. The lowest BCUT2D eigenvalue weighted by molar-refractivity contribution is 0.0952. The van der Waals surface area contributed by atoms with Gasteiger partial charge in [-0.25, -0.2) is 0 Å². The third kappa shape index (κ3) is 2.75. The molecule has 3 N–H and O–H groups in total. The normalized spacial score (nSPS) is 10.3. The minimum Gasteiger partial charge on any atom is -0.396 e. The summed E-state index contributed by atoms with van der Waals surface area (Å²) in [6.45, 7) is 0.520. The van der Waals surface area contributed by atoms with Gasteiger partial charge in [0.1, 0.15) is 0 Å². The van der Waals surface area contributed by atoms with Crippen molar-refractivity contribution in [1.82, 2.24) is 15.5 Å². The summed E-state index contributed by atoms with van der Waals surface area (Å²) in [6, 6.07) is 9.56. The second kappa shape index (κ2) is 5.97. The van der Waals surface area contributed by atoms with E-state index in [1.54, 1.807) is 0 Å². The predicted molar refractivity (Wildman–Crippen MR) is 68.1 cm³/mol. The molecule has 0 bridgehead atoms. The van der Waals surface area contributed by atoms with Gasteiger partial charge in [-0.2, -0.15) is 5.10 Å². The van der Waals surface area contributed by atoms with Gasteiger partial charge in [-0.3, -0.25) is 9.89 Å². The number of nitrogens with zero attached hydrogens (tertiary/aromatic N) is 1. The lowest BCUT2D eigenvalue weighted by Gasteiger charge is -2.04. The highest BCUT2D eigenvalue weighted by Crippen LogP contribution is 2.20. The number of aliphatic hydroxyl groups excluding tert-OH is 1. The van der Waals surface area contributed by atoms with E-state index in [0.717, 1.165) is 5.56 Å². The maximum absolute atomic E-state index is 11.9. The molecule has 0 fully saturated rings. The number of carbonyl (C=O) groups excluding carboxylic acids is 1. The first-order valence-electron chi connectivity index (χ1n) is 5.81. The van der Waals surface area contributed by atoms with Crippen LogP contribution in [0.4, 0.5) is 0 Å². The van der Waals surface area contributed by atoms with Gasteiger partial charge < -0.3 is 10.4 Å². The van der Waals surface area contributed by atoms with Crippen LogP contribution in [0.25, 0.3) is 11.3 Å². The number of rotatable bonds is 5. The molecule has 0 aliphatic rings. The summed E-state index contributed by atoms with van der Waals surface area (Å²) in [5.74, 6) is -0.184. The highest BCUT2D eigenvalue weighted by atomic mass is 16.3. The molecule has 0 atom stereocenters. The second-order valence-electron chi connectivity index (χ2n) is 3.86. The molecular weight excluding hydrogens is 230 g/mol. The third-order valence-electron chi connectivity index (χ3n) is 2.57. The maximum Gasteiger partial charge on any atom is 0.255 e. The van der Waals surface area contributed by atoms with Crippen molar-refractivity contribution in [3.63, 3.8) is 0 Å². The number of aromatic amines is 1. The van der Waals surface area contributed by atoms with E-state index in [1.807, 2.05) is 30.3 Å². The molecule has 1 amide bonds. The Labute approximate surface area is 105 Å². The lowest BCUT2D eigenvalue weighted by atomic mass is 10.1. The van der Waals surface area contributed by atoms with Crippen LogP contribution in [0, 0.1) is 0 Å². The molecule has 0 radical (unpaired) electrons. The minimum absolute atomic E-state index is 0.0667. The molecular formula is C13H15N3O2. The Balaban J connectivity index is 2.15. The molecule has 1 heterocycles. The summed E-state index contributed by atoms with van der Waals surface area (Å²) in [4.78, 5) is 11.9. The van der Waals surface area contributed by atoms with Crippen molar-refractivity contribution in [2.24, 2.45) is 0 Å². The van der Waals surface area contributed by atoms with Gasteiger partial charge >= 0.3 is 0 Å². The Morgan fingerprint density at radius 1 is 1.33 bits per heavy atom. The number of H-pyrrole nitrogens is 1. The number of hydrogen-bond acceptors (Lipinski definition) is 3. The average Bonchev–Trinajstić information content (AvgIpc) is 2.89. The van der Waals surface area contributed by atoms with Crippen LogP contribution in [0.1, 0.15) is 16.8 Å². The molecule has 0 unspecified atom stereocenters. The smallest absolute Gasteiger partial charge is 0.255 e. The van der Waals surface area contributed by atoms with Crippen LogP contribution in [0.3, 0.4) is 0 Å². The van der Waals surface area contributed by atoms with Crippen LogP contribution in [0.15, 0.2) is 36.5 Å². The van der Waals surface area contributed by atoms with E-state index in [9.17, 15) is 4.79 Å². The van der Waals surface area contributed by atoms with Crippen LogP contribution in [-0.4, -0.2) is 34.4 Å². The molecule has 0 saturated heterocycles. The van der Waals surface area contributed by atoms with E-state index in [4.69, 9.17) is 5.11 Å². The Bertz CT molecular complexity index is 508. The van der Waals surface area contributed by atoms with E-state index < -0.39 is 0 Å². The van der Waals surface area contributed by atoms with Crippen LogP contribution < -0.4 is 5.32 Å². The zero-order valence-electron chi connectivity index (χ0n) is 9.89. The van der Waals surface area contributed by atoms with E-state index >= 15 is 0 Å². The van der Waals surface area contributed by atoms with Crippen LogP contribution >= 0.6 is 0 Å². The van der Waals surface area contributed by atoms with Crippen molar-refractivity contribution in [3.05, 3.63) is 42.1 Å². The number of aromatic nitrogens is 2. The molecule has 5 heteroatoms. The van der Waals surface area contributed by atoms with E-state index in [1.165, 1.54) is 6.20 Å². The number of amides is 1. The molecule has 2 rings (SSSR count). The zero-order valence-corrected chi connectivity index (χ0v) is 9.89. The quantitative estimate of drug-likeness (QED) is 0.692. The molecule has 18 heavy (non-hydrogen) atoms. The molecule has 1 aromatic heterocycles. The summed E-state index contributed by atoms with van der Waals surface area (Å²) >= 11 is 0. The van der Waals surface area contributed by atoms with E-state index in [2.05, 4.69) is 15.5 Å². The first kappa shape index (κ1) is 12.3. The van der Waals surface area contributed by atoms with Crippen LogP contribution in [0.5, 0.6) is 0 Å². The van der Waals surface area contributed by atoms with Crippen molar-refractivity contribution < 1.29 is 9.90 Å². The monoisotopic (exact) mass is 245 g/mol. The summed E-state index contributed by atoms with van der Waals surface area (Å²) in [6.07, 6.45) is 2.06. The van der Waals surface area contributed by atoms with Gasteiger partial charge in [0.2, 0.25) is 0 Å². The van der Waals surface area contributed by atoms with Gasteiger partial charge in [0.05, 0.1) is 17.5 Å². The SMILES string of the molecule is O=C(NCCCO)c1cn[nH]c1-c1ccccc1. The maximum atomic E-state index is 11.9. The molecule has 94 valence electrons. The second-order valence-corrected chi connectivity index (χ2v) is 3.86. The largest absolute Gasteiger partial charge is 0.396 e. The molecule has 1 aromatic carbocycles. The number of carbonyl (C=O) groups is 1.